The Morgan fingerprint density at radius 3 is 2.50 bits per heavy atom. The number of rotatable bonds is 3. The summed E-state index contributed by atoms with van der Waals surface area (Å²) in [5.74, 6) is 0.470. The van der Waals surface area contributed by atoms with Crippen LogP contribution in [-0.2, 0) is 0 Å². The molecule has 0 saturated carbocycles. The Labute approximate surface area is 106 Å². The third-order valence-corrected chi connectivity index (χ3v) is 2.49. The minimum Gasteiger partial charge on any atom is -0.378 e. The summed E-state index contributed by atoms with van der Waals surface area (Å²) < 4.78 is 0. The molecule has 5 nitrogen and oxygen atoms in total. The summed E-state index contributed by atoms with van der Waals surface area (Å²) in [5.41, 5.74) is 2.46. The molecule has 0 aliphatic carbocycles. The Morgan fingerprint density at radius 1 is 1.17 bits per heavy atom. The monoisotopic (exact) mass is 239 g/mol. The van der Waals surface area contributed by atoms with Gasteiger partial charge in [-0.3, -0.25) is 0 Å². The molecule has 2 aromatic rings. The lowest BCUT2D eigenvalue weighted by Gasteiger charge is -2.13. The number of nitriles is 1. The summed E-state index contributed by atoms with van der Waals surface area (Å²) in [7, 11) is 3.97. The van der Waals surface area contributed by atoms with Crippen LogP contribution in [-0.4, -0.2) is 24.3 Å². The molecule has 1 aromatic carbocycles. The van der Waals surface area contributed by atoms with Crippen LogP contribution in [0.2, 0.25) is 0 Å². The Bertz CT molecular complexity index is 569. The van der Waals surface area contributed by atoms with Crippen LogP contribution < -0.4 is 10.2 Å². The average molecular weight is 239 g/mol. The van der Waals surface area contributed by atoms with E-state index in [2.05, 4.69) is 21.6 Å². The number of hydrogen-bond donors (Lipinski definition) is 1. The van der Waals surface area contributed by atoms with Gasteiger partial charge in [-0.1, -0.05) is 0 Å². The molecule has 0 amide bonds. The molecule has 18 heavy (non-hydrogen) atoms. The Morgan fingerprint density at radius 2 is 1.89 bits per heavy atom. The van der Waals surface area contributed by atoms with Gasteiger partial charge in [-0.2, -0.15) is 10.4 Å². The number of hydrogen-bond acceptors (Lipinski definition) is 5. The summed E-state index contributed by atoms with van der Waals surface area (Å²) in [6, 6.07) is 11.6. The Balaban J connectivity index is 2.22. The van der Waals surface area contributed by atoms with Crippen molar-refractivity contribution in [1.82, 2.24) is 10.2 Å². The van der Waals surface area contributed by atoms with Crippen molar-refractivity contribution in [3.63, 3.8) is 0 Å². The van der Waals surface area contributed by atoms with Gasteiger partial charge in [0.15, 0.2) is 5.82 Å². The first-order valence-corrected chi connectivity index (χ1v) is 5.47. The van der Waals surface area contributed by atoms with Gasteiger partial charge in [0.2, 0.25) is 0 Å². The number of nitrogens with zero attached hydrogens (tertiary/aromatic N) is 4. The standard InChI is InChI=1S/C13H13N5/c1-18(2)12-5-3-11(4-6-12)16-13-10(9-14)7-8-15-17-13/h3-8H,1-2H3,(H,16,17). The molecule has 1 N–H and O–H groups in total. The molecule has 0 spiro atoms. The highest BCUT2D eigenvalue weighted by atomic mass is 15.2. The van der Waals surface area contributed by atoms with Crippen LogP contribution in [0, 0.1) is 11.3 Å². The average Bonchev–Trinajstić information content (AvgIpc) is 2.40. The van der Waals surface area contributed by atoms with Crippen molar-refractivity contribution >= 4 is 17.2 Å². The maximum Gasteiger partial charge on any atom is 0.171 e. The number of anilines is 3. The van der Waals surface area contributed by atoms with Gasteiger partial charge in [-0.15, -0.1) is 5.10 Å². The van der Waals surface area contributed by atoms with E-state index in [9.17, 15) is 0 Å². The second-order valence-corrected chi connectivity index (χ2v) is 3.97. The van der Waals surface area contributed by atoms with E-state index in [1.54, 1.807) is 6.07 Å². The molecule has 90 valence electrons. The first-order valence-electron chi connectivity index (χ1n) is 5.47. The number of nitrogens with one attached hydrogen (secondary N) is 1. The van der Waals surface area contributed by atoms with Gasteiger partial charge in [-0.25, -0.2) is 0 Å². The third-order valence-electron chi connectivity index (χ3n) is 2.49. The normalized spacial score (nSPS) is 9.61. The van der Waals surface area contributed by atoms with Gasteiger partial charge in [-0.05, 0) is 30.3 Å². The summed E-state index contributed by atoms with van der Waals surface area (Å²) in [6.07, 6.45) is 1.50. The van der Waals surface area contributed by atoms with E-state index < -0.39 is 0 Å². The predicted molar refractivity (Wildman–Crippen MR) is 70.8 cm³/mol. The van der Waals surface area contributed by atoms with Crippen LogP contribution >= 0.6 is 0 Å². The van der Waals surface area contributed by atoms with E-state index in [4.69, 9.17) is 5.26 Å². The summed E-state index contributed by atoms with van der Waals surface area (Å²) in [6.45, 7) is 0. The zero-order chi connectivity index (χ0) is 13.0. The fourth-order valence-electron chi connectivity index (χ4n) is 1.49. The molecule has 1 heterocycles. The molecule has 0 fully saturated rings. The van der Waals surface area contributed by atoms with Gasteiger partial charge in [0.25, 0.3) is 0 Å². The maximum atomic E-state index is 8.95. The van der Waals surface area contributed by atoms with Crippen LogP contribution in [0.25, 0.3) is 0 Å². The fourth-order valence-corrected chi connectivity index (χ4v) is 1.49. The van der Waals surface area contributed by atoms with E-state index in [1.807, 2.05) is 43.3 Å². The van der Waals surface area contributed by atoms with Crippen molar-refractivity contribution in [2.75, 3.05) is 24.3 Å². The van der Waals surface area contributed by atoms with Gasteiger partial charge < -0.3 is 10.2 Å². The van der Waals surface area contributed by atoms with Crippen LogP contribution in [0.4, 0.5) is 17.2 Å². The quantitative estimate of drug-likeness (QED) is 0.889. The van der Waals surface area contributed by atoms with Crippen molar-refractivity contribution in [1.29, 1.82) is 5.26 Å². The highest BCUT2D eigenvalue weighted by molar-refractivity contribution is 5.64. The summed E-state index contributed by atoms with van der Waals surface area (Å²) >= 11 is 0. The molecule has 1 aromatic heterocycles. The van der Waals surface area contributed by atoms with Gasteiger partial charge in [0, 0.05) is 25.5 Å². The van der Waals surface area contributed by atoms with Crippen molar-refractivity contribution < 1.29 is 0 Å². The molecular formula is C13H13N5. The number of aromatic nitrogens is 2. The minimum absolute atomic E-state index is 0.470. The molecular weight excluding hydrogens is 226 g/mol. The van der Waals surface area contributed by atoms with Crippen LogP contribution in [0.3, 0.4) is 0 Å². The highest BCUT2D eigenvalue weighted by Crippen LogP contribution is 2.20. The largest absolute Gasteiger partial charge is 0.378 e. The van der Waals surface area contributed by atoms with Gasteiger partial charge >= 0.3 is 0 Å². The second kappa shape index (κ2) is 5.15. The lowest BCUT2D eigenvalue weighted by Crippen LogP contribution is -2.08. The van der Waals surface area contributed by atoms with E-state index in [0.29, 0.717) is 11.4 Å². The minimum atomic E-state index is 0.470. The zero-order valence-electron chi connectivity index (χ0n) is 10.3. The molecule has 0 saturated heterocycles. The van der Waals surface area contributed by atoms with Crippen molar-refractivity contribution in [3.8, 4) is 6.07 Å². The molecule has 0 atom stereocenters. The van der Waals surface area contributed by atoms with Crippen LogP contribution in [0.1, 0.15) is 5.56 Å². The first-order chi connectivity index (χ1) is 8.70. The van der Waals surface area contributed by atoms with Crippen molar-refractivity contribution in [3.05, 3.63) is 42.1 Å². The van der Waals surface area contributed by atoms with E-state index in [1.165, 1.54) is 6.20 Å². The fraction of sp³-hybridized carbons (Fsp3) is 0.154. The number of benzene rings is 1. The zero-order valence-corrected chi connectivity index (χ0v) is 10.3. The van der Waals surface area contributed by atoms with Crippen molar-refractivity contribution in [2.24, 2.45) is 0 Å². The topological polar surface area (TPSA) is 64.8 Å². The predicted octanol–water partition coefficient (Wildman–Crippen LogP) is 2.16. The first kappa shape index (κ1) is 11.9. The Kier molecular flexibility index (Phi) is 3.39. The lowest BCUT2D eigenvalue weighted by molar-refractivity contribution is 1.03. The maximum absolute atomic E-state index is 8.95. The molecule has 2 rings (SSSR count). The Hall–Kier alpha value is -2.61. The smallest absolute Gasteiger partial charge is 0.171 e. The molecule has 0 aliphatic rings. The highest BCUT2D eigenvalue weighted by Gasteiger charge is 2.03. The van der Waals surface area contributed by atoms with Crippen molar-refractivity contribution in [2.45, 2.75) is 0 Å². The third kappa shape index (κ3) is 2.55. The molecule has 0 bridgehead atoms. The van der Waals surface area contributed by atoms with Gasteiger partial charge in [0.1, 0.15) is 6.07 Å². The molecule has 0 radical (unpaired) electrons. The molecule has 0 unspecified atom stereocenters. The van der Waals surface area contributed by atoms with E-state index in [-0.39, 0.29) is 0 Å². The van der Waals surface area contributed by atoms with E-state index >= 15 is 0 Å². The van der Waals surface area contributed by atoms with Gasteiger partial charge in [0.05, 0.1) is 11.8 Å². The molecule has 0 aliphatic heterocycles. The van der Waals surface area contributed by atoms with Crippen LogP contribution in [0.5, 0.6) is 0 Å². The second-order valence-electron chi connectivity index (χ2n) is 3.97. The summed E-state index contributed by atoms with van der Waals surface area (Å²) in [4.78, 5) is 2.02. The molecule has 5 heteroatoms. The summed E-state index contributed by atoms with van der Waals surface area (Å²) in [5, 5.41) is 19.7. The van der Waals surface area contributed by atoms with E-state index in [0.717, 1.165) is 11.4 Å². The SMILES string of the molecule is CN(C)c1ccc(Nc2nnccc2C#N)cc1. The van der Waals surface area contributed by atoms with Crippen LogP contribution in [0.15, 0.2) is 36.5 Å². The lowest BCUT2D eigenvalue weighted by atomic mass is 10.2.